The molecule has 0 aliphatic carbocycles. The Labute approximate surface area is 110 Å². The van der Waals surface area contributed by atoms with E-state index >= 15 is 0 Å². The molecule has 1 atom stereocenters. The van der Waals surface area contributed by atoms with E-state index in [-0.39, 0.29) is 6.04 Å². The van der Waals surface area contributed by atoms with Crippen molar-refractivity contribution >= 4 is 22.9 Å². The molecule has 0 amide bonds. The molecule has 1 unspecified atom stereocenters. The Kier molecular flexibility index (Phi) is 4.20. The standard InChI is InChI=1S/C12H16ClN3S/c1-3-14-10(11-9(13)5-8-17-11)12-15-6-7-16(12)4-2/h5-8,10,14H,3-4H2,1-2H3. The molecule has 0 spiro atoms. The average molecular weight is 270 g/mol. The van der Waals surface area contributed by atoms with Crippen LogP contribution in [0.25, 0.3) is 0 Å². The zero-order valence-corrected chi connectivity index (χ0v) is 11.6. The molecule has 2 rings (SSSR count). The van der Waals surface area contributed by atoms with Crippen molar-refractivity contribution in [3.63, 3.8) is 0 Å². The van der Waals surface area contributed by atoms with E-state index in [4.69, 9.17) is 11.6 Å². The number of thiophene rings is 1. The summed E-state index contributed by atoms with van der Waals surface area (Å²) in [5.41, 5.74) is 0. The van der Waals surface area contributed by atoms with Crippen LogP contribution in [0.1, 0.15) is 30.6 Å². The summed E-state index contributed by atoms with van der Waals surface area (Å²) in [5.74, 6) is 1.03. The molecule has 0 saturated carbocycles. The molecule has 2 aromatic heterocycles. The van der Waals surface area contributed by atoms with Crippen molar-refractivity contribution in [1.82, 2.24) is 14.9 Å². The quantitative estimate of drug-likeness (QED) is 0.902. The van der Waals surface area contributed by atoms with Gasteiger partial charge in [-0.2, -0.15) is 0 Å². The van der Waals surface area contributed by atoms with E-state index in [1.807, 2.05) is 23.8 Å². The van der Waals surface area contributed by atoms with Gasteiger partial charge in [0.2, 0.25) is 0 Å². The SMILES string of the molecule is CCNC(c1sccc1Cl)c1nccn1CC. The minimum absolute atomic E-state index is 0.0856. The summed E-state index contributed by atoms with van der Waals surface area (Å²) in [6.45, 7) is 6.01. The van der Waals surface area contributed by atoms with Crippen LogP contribution in [0.5, 0.6) is 0 Å². The number of nitrogens with one attached hydrogen (secondary N) is 1. The van der Waals surface area contributed by atoms with Gasteiger partial charge < -0.3 is 9.88 Å². The fraction of sp³-hybridized carbons (Fsp3) is 0.417. The second-order valence-electron chi connectivity index (χ2n) is 3.69. The first kappa shape index (κ1) is 12.6. The largest absolute Gasteiger partial charge is 0.334 e. The zero-order valence-electron chi connectivity index (χ0n) is 9.98. The highest BCUT2D eigenvalue weighted by molar-refractivity contribution is 7.10. The first-order valence-electron chi connectivity index (χ1n) is 5.75. The normalized spacial score (nSPS) is 12.9. The van der Waals surface area contributed by atoms with Crippen molar-refractivity contribution in [3.05, 3.63) is 39.6 Å². The Morgan fingerprint density at radius 1 is 1.53 bits per heavy atom. The monoisotopic (exact) mass is 269 g/mol. The van der Waals surface area contributed by atoms with Crippen LogP contribution in [0.2, 0.25) is 5.02 Å². The summed E-state index contributed by atoms with van der Waals surface area (Å²) in [6, 6.07) is 2.02. The van der Waals surface area contributed by atoms with Crippen LogP contribution in [-0.2, 0) is 6.54 Å². The molecule has 1 N–H and O–H groups in total. The lowest BCUT2D eigenvalue weighted by atomic mass is 10.2. The third kappa shape index (κ3) is 2.54. The van der Waals surface area contributed by atoms with Crippen LogP contribution >= 0.6 is 22.9 Å². The minimum Gasteiger partial charge on any atom is -0.334 e. The smallest absolute Gasteiger partial charge is 0.131 e. The van der Waals surface area contributed by atoms with E-state index in [0.717, 1.165) is 28.8 Å². The van der Waals surface area contributed by atoms with Gasteiger partial charge in [-0.25, -0.2) is 4.98 Å². The van der Waals surface area contributed by atoms with Gasteiger partial charge in [-0.15, -0.1) is 11.3 Å². The number of hydrogen-bond donors (Lipinski definition) is 1. The fourth-order valence-electron chi connectivity index (χ4n) is 1.87. The van der Waals surface area contributed by atoms with Crippen LogP contribution in [0.15, 0.2) is 23.8 Å². The molecule has 0 saturated heterocycles. The van der Waals surface area contributed by atoms with E-state index in [2.05, 4.69) is 28.7 Å². The summed E-state index contributed by atoms with van der Waals surface area (Å²) < 4.78 is 2.14. The highest BCUT2D eigenvalue weighted by Gasteiger charge is 2.21. The van der Waals surface area contributed by atoms with E-state index < -0.39 is 0 Å². The summed E-state index contributed by atoms with van der Waals surface area (Å²) in [5, 5.41) is 6.27. The van der Waals surface area contributed by atoms with E-state index in [1.165, 1.54) is 0 Å². The Bertz CT molecular complexity index is 478. The number of aromatic nitrogens is 2. The molecular formula is C12H16ClN3S. The first-order valence-corrected chi connectivity index (χ1v) is 7.01. The molecule has 2 heterocycles. The molecule has 0 aromatic carbocycles. The number of nitrogens with zero attached hydrogens (tertiary/aromatic N) is 2. The Morgan fingerprint density at radius 3 is 2.94 bits per heavy atom. The van der Waals surface area contributed by atoms with Crippen LogP contribution < -0.4 is 5.32 Å². The molecule has 0 aliphatic heterocycles. The van der Waals surface area contributed by atoms with Crippen LogP contribution in [0.4, 0.5) is 0 Å². The molecular weight excluding hydrogens is 254 g/mol. The van der Waals surface area contributed by atoms with Gasteiger partial charge >= 0.3 is 0 Å². The second-order valence-corrected chi connectivity index (χ2v) is 5.05. The lowest BCUT2D eigenvalue weighted by molar-refractivity contribution is 0.565. The van der Waals surface area contributed by atoms with Gasteiger partial charge in [0, 0.05) is 23.8 Å². The maximum atomic E-state index is 6.22. The van der Waals surface area contributed by atoms with Crippen molar-refractivity contribution < 1.29 is 0 Å². The number of aryl methyl sites for hydroxylation is 1. The Morgan fingerprint density at radius 2 is 2.35 bits per heavy atom. The predicted octanol–water partition coefficient (Wildman–Crippen LogP) is 3.32. The number of rotatable bonds is 5. The second kappa shape index (κ2) is 5.67. The van der Waals surface area contributed by atoms with E-state index in [0.29, 0.717) is 0 Å². The van der Waals surface area contributed by atoms with Crippen LogP contribution in [0, 0.1) is 0 Å². The average Bonchev–Trinajstić information content (AvgIpc) is 2.94. The summed E-state index contributed by atoms with van der Waals surface area (Å²) in [6.07, 6.45) is 3.84. The topological polar surface area (TPSA) is 29.9 Å². The van der Waals surface area contributed by atoms with Gasteiger partial charge in [-0.3, -0.25) is 0 Å². The zero-order chi connectivity index (χ0) is 12.3. The maximum Gasteiger partial charge on any atom is 0.131 e. The lowest BCUT2D eigenvalue weighted by Crippen LogP contribution is -2.24. The molecule has 0 aliphatic rings. The summed E-state index contributed by atoms with van der Waals surface area (Å²) in [4.78, 5) is 5.59. The highest BCUT2D eigenvalue weighted by Crippen LogP contribution is 2.32. The van der Waals surface area contributed by atoms with Crippen molar-refractivity contribution in [2.45, 2.75) is 26.4 Å². The van der Waals surface area contributed by atoms with Gasteiger partial charge in [0.1, 0.15) is 11.9 Å². The minimum atomic E-state index is 0.0856. The summed E-state index contributed by atoms with van der Waals surface area (Å²) in [7, 11) is 0. The first-order chi connectivity index (χ1) is 8.27. The molecule has 3 nitrogen and oxygen atoms in total. The molecule has 0 bridgehead atoms. The molecule has 5 heteroatoms. The fourth-order valence-corrected chi connectivity index (χ4v) is 3.10. The summed E-state index contributed by atoms with van der Waals surface area (Å²) >= 11 is 7.88. The number of imidazole rings is 1. The number of halogens is 1. The molecule has 0 fully saturated rings. The molecule has 2 aromatic rings. The van der Waals surface area contributed by atoms with Gasteiger partial charge in [0.25, 0.3) is 0 Å². The van der Waals surface area contributed by atoms with Crippen molar-refractivity contribution in [2.24, 2.45) is 0 Å². The van der Waals surface area contributed by atoms with Gasteiger partial charge in [-0.05, 0) is 24.9 Å². The lowest BCUT2D eigenvalue weighted by Gasteiger charge is -2.17. The van der Waals surface area contributed by atoms with E-state index in [1.54, 1.807) is 11.3 Å². The Balaban J connectivity index is 2.39. The highest BCUT2D eigenvalue weighted by atomic mass is 35.5. The molecule has 92 valence electrons. The van der Waals surface area contributed by atoms with E-state index in [9.17, 15) is 0 Å². The van der Waals surface area contributed by atoms with Crippen molar-refractivity contribution in [3.8, 4) is 0 Å². The molecule has 17 heavy (non-hydrogen) atoms. The number of hydrogen-bond acceptors (Lipinski definition) is 3. The van der Waals surface area contributed by atoms with Gasteiger partial charge in [0.15, 0.2) is 0 Å². The molecule has 0 radical (unpaired) electrons. The predicted molar refractivity (Wildman–Crippen MR) is 72.7 cm³/mol. The van der Waals surface area contributed by atoms with Crippen molar-refractivity contribution in [1.29, 1.82) is 0 Å². The third-order valence-electron chi connectivity index (χ3n) is 2.66. The van der Waals surface area contributed by atoms with Crippen LogP contribution in [0.3, 0.4) is 0 Å². The third-order valence-corrected chi connectivity index (χ3v) is 4.09. The van der Waals surface area contributed by atoms with Crippen LogP contribution in [-0.4, -0.2) is 16.1 Å². The maximum absolute atomic E-state index is 6.22. The van der Waals surface area contributed by atoms with Gasteiger partial charge in [0.05, 0.1) is 5.02 Å². The Hall–Kier alpha value is -0.840. The van der Waals surface area contributed by atoms with Gasteiger partial charge in [-0.1, -0.05) is 18.5 Å². The van der Waals surface area contributed by atoms with Crippen molar-refractivity contribution in [2.75, 3.05) is 6.54 Å².